The summed E-state index contributed by atoms with van der Waals surface area (Å²) in [5.74, 6) is 0. The van der Waals surface area contributed by atoms with Crippen LogP contribution in [-0.2, 0) is 0 Å². The molecule has 4 nitrogen and oxygen atoms in total. The van der Waals surface area contributed by atoms with Crippen LogP contribution in [0, 0.1) is 0 Å². The van der Waals surface area contributed by atoms with Gasteiger partial charge in [-0.25, -0.2) is 9.97 Å². The fraction of sp³-hybridized carbons (Fsp3) is 0. The van der Waals surface area contributed by atoms with E-state index in [0.717, 1.165) is 20.1 Å². The minimum Gasteiger partial charge on any atom is -0.397 e. The normalized spacial score (nSPS) is 10.8. The van der Waals surface area contributed by atoms with Gasteiger partial charge >= 0.3 is 0 Å². The van der Waals surface area contributed by atoms with Gasteiger partial charge in [0.15, 0.2) is 0 Å². The van der Waals surface area contributed by atoms with Crippen LogP contribution in [0.4, 0.5) is 5.69 Å². The molecular weight excluding hydrogens is 252 g/mol. The summed E-state index contributed by atoms with van der Waals surface area (Å²) in [4.78, 5) is 13.4. The summed E-state index contributed by atoms with van der Waals surface area (Å²) in [7, 11) is 0. The molecule has 84 valence electrons. The molecule has 0 amide bonds. The molecule has 0 unspecified atom stereocenters. The predicted molar refractivity (Wildman–Crippen MR) is 70.2 cm³/mol. The summed E-state index contributed by atoms with van der Waals surface area (Å²) in [6.07, 6.45) is 4.95. The van der Waals surface area contributed by atoms with Crippen molar-refractivity contribution in [3.63, 3.8) is 0 Å². The average molecular weight is 260 g/mol. The van der Waals surface area contributed by atoms with Crippen LogP contribution in [0.1, 0.15) is 0 Å². The highest BCUT2D eigenvalue weighted by atomic mass is 32.2. The number of hydrogen-bond donors (Lipinski definition) is 1. The molecule has 17 heavy (non-hydrogen) atoms. The number of thiophene rings is 1. The van der Waals surface area contributed by atoms with E-state index in [1.165, 1.54) is 0 Å². The van der Waals surface area contributed by atoms with E-state index in [0.29, 0.717) is 5.69 Å². The summed E-state index contributed by atoms with van der Waals surface area (Å²) in [5.41, 5.74) is 7.50. The number of fused-ring (bicyclic) bond motifs is 1. The number of nitrogens with zero attached hydrogens (tertiary/aromatic N) is 3. The lowest BCUT2D eigenvalue weighted by Crippen LogP contribution is -1.90. The van der Waals surface area contributed by atoms with E-state index in [1.807, 2.05) is 17.5 Å². The van der Waals surface area contributed by atoms with E-state index in [9.17, 15) is 0 Å². The summed E-state index contributed by atoms with van der Waals surface area (Å²) in [5, 5.41) is 2.95. The molecule has 3 aromatic heterocycles. The first-order chi connectivity index (χ1) is 8.34. The largest absolute Gasteiger partial charge is 0.397 e. The van der Waals surface area contributed by atoms with Gasteiger partial charge in [0.25, 0.3) is 0 Å². The lowest BCUT2D eigenvalue weighted by Gasteiger charge is -2.03. The van der Waals surface area contributed by atoms with E-state index in [-0.39, 0.29) is 0 Å². The van der Waals surface area contributed by atoms with Gasteiger partial charge in [0.2, 0.25) is 0 Å². The zero-order chi connectivity index (χ0) is 11.7. The van der Waals surface area contributed by atoms with E-state index in [4.69, 9.17) is 5.73 Å². The molecular formula is C11H8N4S2. The Balaban J connectivity index is 2.06. The second-order valence-corrected chi connectivity index (χ2v) is 5.28. The highest BCUT2D eigenvalue weighted by Crippen LogP contribution is 2.35. The smallest absolute Gasteiger partial charge is 0.122 e. The summed E-state index contributed by atoms with van der Waals surface area (Å²) in [6, 6.07) is 3.88. The third kappa shape index (κ3) is 1.96. The zero-order valence-corrected chi connectivity index (χ0v) is 10.3. The van der Waals surface area contributed by atoms with Crippen LogP contribution in [0.2, 0.25) is 0 Å². The van der Waals surface area contributed by atoms with Crippen LogP contribution < -0.4 is 5.73 Å². The Morgan fingerprint density at radius 2 is 2.18 bits per heavy atom. The number of pyridine rings is 1. The summed E-state index contributed by atoms with van der Waals surface area (Å²) < 4.78 is 1.09. The third-order valence-corrected chi connectivity index (χ3v) is 4.36. The summed E-state index contributed by atoms with van der Waals surface area (Å²) >= 11 is 3.18. The molecule has 0 aliphatic rings. The monoisotopic (exact) mass is 260 g/mol. The van der Waals surface area contributed by atoms with Crippen LogP contribution >= 0.6 is 23.1 Å². The summed E-state index contributed by atoms with van der Waals surface area (Å²) in [6.45, 7) is 0. The number of rotatable bonds is 2. The maximum absolute atomic E-state index is 5.86. The molecule has 0 aliphatic carbocycles. The SMILES string of the molecule is Nc1cnccc1Sc1ncnc2ccsc12. The van der Waals surface area contributed by atoms with Crippen molar-refractivity contribution in [3.8, 4) is 0 Å². The van der Waals surface area contributed by atoms with Gasteiger partial charge in [0, 0.05) is 11.1 Å². The van der Waals surface area contributed by atoms with Crippen molar-refractivity contribution >= 4 is 39.0 Å². The molecule has 0 bridgehead atoms. The Kier molecular flexibility index (Phi) is 2.66. The van der Waals surface area contributed by atoms with Crippen LogP contribution in [0.5, 0.6) is 0 Å². The van der Waals surface area contributed by atoms with Gasteiger partial charge in [-0.3, -0.25) is 4.98 Å². The molecule has 0 atom stereocenters. The topological polar surface area (TPSA) is 64.7 Å². The minimum atomic E-state index is 0.667. The molecule has 0 spiro atoms. The van der Waals surface area contributed by atoms with Crippen molar-refractivity contribution in [2.24, 2.45) is 0 Å². The molecule has 3 rings (SSSR count). The van der Waals surface area contributed by atoms with Crippen molar-refractivity contribution in [3.05, 3.63) is 36.2 Å². The van der Waals surface area contributed by atoms with Gasteiger partial charge in [-0.05, 0) is 17.5 Å². The number of nitrogens with two attached hydrogens (primary N) is 1. The van der Waals surface area contributed by atoms with Gasteiger partial charge in [0.05, 0.1) is 22.1 Å². The number of nitrogen functional groups attached to an aromatic ring is 1. The van der Waals surface area contributed by atoms with Crippen LogP contribution in [-0.4, -0.2) is 15.0 Å². The molecule has 3 aromatic rings. The first-order valence-electron chi connectivity index (χ1n) is 4.90. The minimum absolute atomic E-state index is 0.667. The Morgan fingerprint density at radius 1 is 1.24 bits per heavy atom. The van der Waals surface area contributed by atoms with E-state index in [2.05, 4.69) is 15.0 Å². The fourth-order valence-corrected chi connectivity index (χ4v) is 3.23. The molecule has 0 saturated heterocycles. The van der Waals surface area contributed by atoms with E-state index >= 15 is 0 Å². The van der Waals surface area contributed by atoms with Crippen molar-refractivity contribution in [1.29, 1.82) is 0 Å². The number of aromatic nitrogens is 3. The Morgan fingerprint density at radius 3 is 3.06 bits per heavy atom. The van der Waals surface area contributed by atoms with Crippen molar-refractivity contribution < 1.29 is 0 Å². The fourth-order valence-electron chi connectivity index (χ4n) is 1.43. The second kappa shape index (κ2) is 4.31. The average Bonchev–Trinajstić information content (AvgIpc) is 2.81. The van der Waals surface area contributed by atoms with Crippen molar-refractivity contribution in [2.45, 2.75) is 9.92 Å². The Labute approximate surface area is 106 Å². The van der Waals surface area contributed by atoms with Gasteiger partial charge in [-0.2, -0.15) is 0 Å². The molecule has 0 fully saturated rings. The van der Waals surface area contributed by atoms with Gasteiger partial charge in [-0.1, -0.05) is 11.8 Å². The Hall–Kier alpha value is -1.66. The van der Waals surface area contributed by atoms with Crippen LogP contribution in [0.3, 0.4) is 0 Å². The van der Waals surface area contributed by atoms with Crippen molar-refractivity contribution in [2.75, 3.05) is 5.73 Å². The molecule has 6 heteroatoms. The lowest BCUT2D eigenvalue weighted by atomic mass is 10.4. The number of anilines is 1. The molecule has 0 aliphatic heterocycles. The molecule has 0 saturated carbocycles. The maximum Gasteiger partial charge on any atom is 0.122 e. The predicted octanol–water partition coefficient (Wildman–Crippen LogP) is 2.82. The molecule has 0 radical (unpaired) electrons. The van der Waals surface area contributed by atoms with Gasteiger partial charge < -0.3 is 5.73 Å². The standard InChI is InChI=1S/C11H8N4S2/c12-7-5-13-3-1-9(7)17-11-10-8(2-4-16-10)14-6-15-11/h1-6H,12H2. The first-order valence-corrected chi connectivity index (χ1v) is 6.60. The number of hydrogen-bond acceptors (Lipinski definition) is 6. The second-order valence-electron chi connectivity index (χ2n) is 3.33. The van der Waals surface area contributed by atoms with Gasteiger partial charge in [-0.15, -0.1) is 11.3 Å². The molecule has 0 aromatic carbocycles. The third-order valence-electron chi connectivity index (χ3n) is 2.23. The van der Waals surface area contributed by atoms with Gasteiger partial charge in [0.1, 0.15) is 11.4 Å². The quantitative estimate of drug-likeness (QED) is 0.718. The van der Waals surface area contributed by atoms with E-state index < -0.39 is 0 Å². The Bertz CT molecular complexity index is 665. The first kappa shape index (κ1) is 10.5. The maximum atomic E-state index is 5.86. The van der Waals surface area contributed by atoms with Crippen LogP contribution in [0.15, 0.2) is 46.2 Å². The van der Waals surface area contributed by atoms with Crippen LogP contribution in [0.25, 0.3) is 10.2 Å². The molecule has 3 heterocycles. The van der Waals surface area contributed by atoms with E-state index in [1.54, 1.807) is 41.8 Å². The molecule has 2 N–H and O–H groups in total. The van der Waals surface area contributed by atoms with Crippen molar-refractivity contribution in [1.82, 2.24) is 15.0 Å². The zero-order valence-electron chi connectivity index (χ0n) is 8.70. The lowest BCUT2D eigenvalue weighted by molar-refractivity contribution is 1.11. The highest BCUT2D eigenvalue weighted by molar-refractivity contribution is 7.99. The highest BCUT2D eigenvalue weighted by Gasteiger charge is 2.08.